The van der Waals surface area contributed by atoms with Gasteiger partial charge < -0.3 is 19.7 Å². The van der Waals surface area contributed by atoms with Crippen molar-refractivity contribution in [3.05, 3.63) is 12.3 Å². The molecule has 2 N–H and O–H groups in total. The lowest BCUT2D eigenvalue weighted by atomic mass is 9.93. The SMILES string of the molecule is CC(C)[Si](OC[C@@H]1CC[C@H](N2C=CC(N)N([B]C#N)C2=O)O1)(C(C)C)C(C)C. The Morgan fingerprint density at radius 1 is 1.29 bits per heavy atom. The number of urea groups is 1. The van der Waals surface area contributed by atoms with Gasteiger partial charge >= 0.3 is 13.4 Å². The van der Waals surface area contributed by atoms with Crippen LogP contribution in [0.25, 0.3) is 0 Å². The van der Waals surface area contributed by atoms with Crippen molar-refractivity contribution < 1.29 is 14.0 Å². The van der Waals surface area contributed by atoms with Crippen molar-refractivity contribution in [1.29, 1.82) is 5.26 Å². The number of rotatable bonds is 8. The summed E-state index contributed by atoms with van der Waals surface area (Å²) in [7, 11) is -0.796. The molecule has 155 valence electrons. The van der Waals surface area contributed by atoms with Gasteiger partial charge in [0.1, 0.15) is 6.23 Å². The third kappa shape index (κ3) is 4.46. The molecule has 0 bridgehead atoms. The van der Waals surface area contributed by atoms with Crippen LogP contribution in [0, 0.1) is 11.2 Å². The van der Waals surface area contributed by atoms with E-state index in [1.165, 1.54) is 9.71 Å². The van der Waals surface area contributed by atoms with Crippen molar-refractivity contribution in [1.82, 2.24) is 9.71 Å². The number of amides is 2. The van der Waals surface area contributed by atoms with Gasteiger partial charge in [0.2, 0.25) is 0 Å². The van der Waals surface area contributed by atoms with E-state index in [2.05, 4.69) is 41.5 Å². The van der Waals surface area contributed by atoms with Crippen LogP contribution in [0.1, 0.15) is 54.4 Å². The van der Waals surface area contributed by atoms with Crippen molar-refractivity contribution in [3.8, 4) is 5.97 Å². The molecule has 0 aromatic heterocycles. The molecular weight excluding hydrogens is 371 g/mol. The highest BCUT2D eigenvalue weighted by molar-refractivity contribution is 6.77. The van der Waals surface area contributed by atoms with Crippen LogP contribution in [0.3, 0.4) is 0 Å². The number of nitrogens with two attached hydrogens (primary N) is 1. The highest BCUT2D eigenvalue weighted by atomic mass is 28.4. The van der Waals surface area contributed by atoms with Gasteiger partial charge in [0.25, 0.3) is 0 Å². The molecule has 2 heterocycles. The lowest BCUT2D eigenvalue weighted by molar-refractivity contribution is -0.0387. The number of nitriles is 1. The topological polar surface area (TPSA) is 91.8 Å². The minimum atomic E-state index is -1.94. The van der Waals surface area contributed by atoms with Crippen LogP contribution in [0.4, 0.5) is 4.79 Å². The summed E-state index contributed by atoms with van der Waals surface area (Å²) in [5.74, 6) is 1.87. The number of hydrogen-bond donors (Lipinski definition) is 1. The normalized spacial score (nSPS) is 25.9. The maximum Gasteiger partial charge on any atom is 0.392 e. The molecule has 2 amide bonds. The predicted molar refractivity (Wildman–Crippen MR) is 112 cm³/mol. The maximum atomic E-state index is 12.6. The largest absolute Gasteiger partial charge is 0.413 e. The summed E-state index contributed by atoms with van der Waals surface area (Å²) in [6.45, 7) is 14.2. The van der Waals surface area contributed by atoms with E-state index in [4.69, 9.17) is 20.2 Å². The molecule has 1 saturated heterocycles. The average Bonchev–Trinajstić information content (AvgIpc) is 3.07. The third-order valence-electron chi connectivity index (χ3n) is 6.03. The molecule has 0 spiro atoms. The van der Waals surface area contributed by atoms with E-state index in [1.807, 2.05) is 5.97 Å². The molecule has 1 radical (unpaired) electrons. The minimum absolute atomic E-state index is 0.0293. The molecule has 9 heteroatoms. The van der Waals surface area contributed by atoms with E-state index in [1.54, 1.807) is 12.3 Å². The van der Waals surface area contributed by atoms with E-state index >= 15 is 0 Å². The van der Waals surface area contributed by atoms with Gasteiger partial charge in [-0.3, -0.25) is 4.90 Å². The Balaban J connectivity index is 2.01. The smallest absolute Gasteiger partial charge is 0.392 e. The van der Waals surface area contributed by atoms with Gasteiger partial charge in [-0.2, -0.15) is 0 Å². The molecule has 0 aromatic rings. The Hall–Kier alpha value is -1.34. The van der Waals surface area contributed by atoms with E-state index in [9.17, 15) is 4.79 Å². The molecule has 2 aliphatic rings. The summed E-state index contributed by atoms with van der Waals surface area (Å²) in [4.78, 5) is 15.4. The fraction of sp³-hybridized carbons (Fsp3) is 0.789. The molecule has 0 aromatic carbocycles. The first-order chi connectivity index (χ1) is 13.1. The van der Waals surface area contributed by atoms with Gasteiger partial charge in [0, 0.05) is 12.2 Å². The zero-order valence-corrected chi connectivity index (χ0v) is 19.0. The Morgan fingerprint density at radius 3 is 2.43 bits per heavy atom. The lowest BCUT2D eigenvalue weighted by Gasteiger charge is -2.42. The molecule has 3 atom stereocenters. The Morgan fingerprint density at radius 2 is 1.89 bits per heavy atom. The molecule has 0 saturated carbocycles. The van der Waals surface area contributed by atoms with Crippen LogP contribution in [0.15, 0.2) is 12.3 Å². The van der Waals surface area contributed by atoms with Crippen LogP contribution in [-0.2, 0) is 9.16 Å². The van der Waals surface area contributed by atoms with Crippen LogP contribution in [0.2, 0.25) is 16.6 Å². The number of hydrogen-bond acceptors (Lipinski definition) is 5. The predicted octanol–water partition coefficient (Wildman–Crippen LogP) is 3.32. The Bertz CT molecular complexity index is 601. The second kappa shape index (κ2) is 9.44. The van der Waals surface area contributed by atoms with Crippen LogP contribution in [0.5, 0.6) is 0 Å². The molecule has 7 nitrogen and oxygen atoms in total. The zero-order chi connectivity index (χ0) is 21.1. The Labute approximate surface area is 171 Å². The molecule has 1 fully saturated rings. The van der Waals surface area contributed by atoms with Gasteiger partial charge in [-0.05, 0) is 35.5 Å². The van der Waals surface area contributed by atoms with Crippen LogP contribution < -0.4 is 5.73 Å². The standard InChI is InChI=1S/C19H34BN4O3Si/c1-13(2)28(14(3)4,15(5)6)26-11-16-7-8-18(27-16)23-10-9-17(22)24(19(23)25)20-12-21/h9-10,13-18H,7-8,11,22H2,1-6H3/t16-,17?,18+/m0/s1. The summed E-state index contributed by atoms with van der Waals surface area (Å²) >= 11 is 0. The highest BCUT2D eigenvalue weighted by Crippen LogP contribution is 2.42. The van der Waals surface area contributed by atoms with Crippen LogP contribution in [-0.4, -0.2) is 56.6 Å². The minimum Gasteiger partial charge on any atom is -0.413 e. The first-order valence-corrected chi connectivity index (χ1v) is 12.4. The van der Waals surface area contributed by atoms with Gasteiger partial charge in [-0.25, -0.2) is 10.1 Å². The van der Waals surface area contributed by atoms with E-state index in [-0.39, 0.29) is 18.4 Å². The molecule has 1 unspecified atom stereocenters. The van der Waals surface area contributed by atoms with Crippen molar-refractivity contribution in [2.45, 2.75) is 89.5 Å². The first kappa shape index (κ1) is 22.9. The van der Waals surface area contributed by atoms with Gasteiger partial charge in [0.15, 0.2) is 8.32 Å². The Kier molecular flexibility index (Phi) is 7.74. The van der Waals surface area contributed by atoms with Crippen molar-refractivity contribution in [3.63, 3.8) is 0 Å². The third-order valence-corrected chi connectivity index (χ3v) is 12.1. The summed E-state index contributed by atoms with van der Waals surface area (Å²) in [5, 5.41) is 8.89. The van der Waals surface area contributed by atoms with E-state index in [0.29, 0.717) is 23.2 Å². The molecule has 28 heavy (non-hydrogen) atoms. The molecular formula is C19H34BN4O3Si. The average molecular weight is 405 g/mol. The molecule has 2 rings (SSSR count). The lowest BCUT2D eigenvalue weighted by Crippen LogP contribution is -2.56. The zero-order valence-electron chi connectivity index (χ0n) is 18.0. The van der Waals surface area contributed by atoms with Crippen molar-refractivity contribution in [2.75, 3.05) is 6.61 Å². The van der Waals surface area contributed by atoms with Gasteiger partial charge in [-0.15, -0.1) is 0 Å². The van der Waals surface area contributed by atoms with Crippen molar-refractivity contribution >= 4 is 21.8 Å². The van der Waals surface area contributed by atoms with Crippen molar-refractivity contribution in [2.24, 2.45) is 5.73 Å². The number of carbonyl (C=O) groups is 1. The first-order valence-electron chi connectivity index (χ1n) is 10.2. The van der Waals surface area contributed by atoms with Gasteiger partial charge in [-0.1, -0.05) is 41.5 Å². The maximum absolute atomic E-state index is 12.6. The monoisotopic (exact) mass is 405 g/mol. The number of nitrogens with zero attached hydrogens (tertiary/aromatic N) is 3. The summed E-state index contributed by atoms with van der Waals surface area (Å²) in [6.07, 6.45) is 3.92. The fourth-order valence-corrected chi connectivity index (χ4v) is 10.2. The number of ether oxygens (including phenoxy) is 1. The summed E-state index contributed by atoms with van der Waals surface area (Å²) < 4.78 is 12.8. The van der Waals surface area contributed by atoms with E-state index < -0.39 is 14.5 Å². The number of carbonyl (C=O) groups excluding carboxylic acids is 1. The second-order valence-electron chi connectivity index (χ2n) is 8.61. The van der Waals surface area contributed by atoms with E-state index in [0.717, 1.165) is 20.3 Å². The van der Waals surface area contributed by atoms with Gasteiger partial charge in [0.05, 0.1) is 18.9 Å². The summed E-state index contributed by atoms with van der Waals surface area (Å²) in [6, 6.07) is -0.335. The fourth-order valence-electron chi connectivity index (χ4n) is 4.77. The quantitative estimate of drug-likeness (QED) is 0.626. The second-order valence-corrected chi connectivity index (χ2v) is 14.1. The summed E-state index contributed by atoms with van der Waals surface area (Å²) in [5.41, 5.74) is 7.44. The molecule has 0 aliphatic carbocycles. The molecule has 2 aliphatic heterocycles. The van der Waals surface area contributed by atoms with Crippen LogP contribution >= 0.6 is 0 Å². The highest BCUT2D eigenvalue weighted by Gasteiger charge is 2.46.